The minimum absolute atomic E-state index is 0.0404. The van der Waals surface area contributed by atoms with Gasteiger partial charge >= 0.3 is 0 Å². The van der Waals surface area contributed by atoms with E-state index in [2.05, 4.69) is 23.7 Å². The van der Waals surface area contributed by atoms with Gasteiger partial charge in [0.05, 0.1) is 0 Å². The standard InChI is InChI=1S/C13H16N2/c1-9(2)7-12(14)11-8-15-13-6-4-3-5-10(11)13/h3-6,8,12,15H,1,7,14H2,2H3/t12-/m0/s1. The van der Waals surface area contributed by atoms with Crippen molar-refractivity contribution in [3.8, 4) is 0 Å². The van der Waals surface area contributed by atoms with Gasteiger partial charge in [0.25, 0.3) is 0 Å². The van der Waals surface area contributed by atoms with Crippen LogP contribution in [0.3, 0.4) is 0 Å². The molecule has 0 aliphatic heterocycles. The molecule has 0 unspecified atom stereocenters. The monoisotopic (exact) mass is 200 g/mol. The van der Waals surface area contributed by atoms with Crippen molar-refractivity contribution in [1.29, 1.82) is 0 Å². The Kier molecular flexibility index (Phi) is 2.60. The number of para-hydroxylation sites is 1. The van der Waals surface area contributed by atoms with E-state index in [1.807, 2.05) is 25.3 Å². The highest BCUT2D eigenvalue weighted by molar-refractivity contribution is 5.83. The van der Waals surface area contributed by atoms with Crippen molar-refractivity contribution in [2.45, 2.75) is 19.4 Å². The van der Waals surface area contributed by atoms with E-state index in [1.165, 1.54) is 10.9 Å². The second-order valence-electron chi connectivity index (χ2n) is 4.06. The molecule has 3 N–H and O–H groups in total. The first-order valence-electron chi connectivity index (χ1n) is 5.14. The average Bonchev–Trinajstić information content (AvgIpc) is 2.59. The number of fused-ring (bicyclic) bond motifs is 1. The molecule has 0 bridgehead atoms. The zero-order valence-corrected chi connectivity index (χ0v) is 8.96. The molecule has 1 aromatic carbocycles. The second kappa shape index (κ2) is 3.91. The van der Waals surface area contributed by atoms with E-state index in [1.54, 1.807) is 0 Å². The number of aromatic nitrogens is 1. The van der Waals surface area contributed by atoms with Crippen LogP contribution in [0.5, 0.6) is 0 Å². The van der Waals surface area contributed by atoms with E-state index in [0.29, 0.717) is 0 Å². The van der Waals surface area contributed by atoms with Crippen molar-refractivity contribution in [2.24, 2.45) is 5.73 Å². The molecule has 0 saturated heterocycles. The number of hydrogen-bond donors (Lipinski definition) is 2. The Morgan fingerprint density at radius 3 is 2.93 bits per heavy atom. The van der Waals surface area contributed by atoms with Crippen LogP contribution in [0.25, 0.3) is 10.9 Å². The van der Waals surface area contributed by atoms with Crippen molar-refractivity contribution < 1.29 is 0 Å². The SMILES string of the molecule is C=C(C)C[C@H](N)c1c[nH]c2ccccc12. The molecule has 2 heteroatoms. The van der Waals surface area contributed by atoms with Crippen LogP contribution in [0.15, 0.2) is 42.6 Å². The quantitative estimate of drug-likeness (QED) is 0.734. The summed E-state index contributed by atoms with van der Waals surface area (Å²) in [6.45, 7) is 5.90. The summed E-state index contributed by atoms with van der Waals surface area (Å²) < 4.78 is 0. The highest BCUT2D eigenvalue weighted by Gasteiger charge is 2.10. The van der Waals surface area contributed by atoms with E-state index >= 15 is 0 Å². The maximum atomic E-state index is 6.13. The predicted octanol–water partition coefficient (Wildman–Crippen LogP) is 3.13. The topological polar surface area (TPSA) is 41.8 Å². The summed E-state index contributed by atoms with van der Waals surface area (Å²) in [6.07, 6.45) is 2.83. The Labute approximate surface area is 89.8 Å². The number of H-pyrrole nitrogens is 1. The molecule has 1 atom stereocenters. The number of nitrogens with two attached hydrogens (primary N) is 1. The lowest BCUT2D eigenvalue weighted by Crippen LogP contribution is -2.09. The highest BCUT2D eigenvalue weighted by atomic mass is 14.7. The molecule has 2 rings (SSSR count). The van der Waals surface area contributed by atoms with Gasteiger partial charge in [-0.15, -0.1) is 6.58 Å². The first-order chi connectivity index (χ1) is 7.18. The van der Waals surface area contributed by atoms with Gasteiger partial charge in [0, 0.05) is 23.1 Å². The molecule has 0 radical (unpaired) electrons. The normalized spacial score (nSPS) is 12.9. The summed E-state index contributed by atoms with van der Waals surface area (Å²) in [5.74, 6) is 0. The Hall–Kier alpha value is -1.54. The van der Waals surface area contributed by atoms with Crippen LogP contribution < -0.4 is 5.73 Å². The van der Waals surface area contributed by atoms with Gasteiger partial charge in [-0.1, -0.05) is 23.8 Å². The number of hydrogen-bond acceptors (Lipinski definition) is 1. The van der Waals surface area contributed by atoms with Crippen molar-refractivity contribution in [3.05, 3.63) is 48.2 Å². The Balaban J connectivity index is 2.39. The van der Waals surface area contributed by atoms with Crippen LogP contribution in [0.2, 0.25) is 0 Å². The summed E-state index contributed by atoms with van der Waals surface area (Å²) in [4.78, 5) is 3.23. The van der Waals surface area contributed by atoms with E-state index in [-0.39, 0.29) is 6.04 Å². The fourth-order valence-electron chi connectivity index (χ4n) is 1.89. The number of aromatic amines is 1. The first-order valence-corrected chi connectivity index (χ1v) is 5.14. The van der Waals surface area contributed by atoms with Crippen LogP contribution in [0.4, 0.5) is 0 Å². The lowest BCUT2D eigenvalue weighted by Gasteiger charge is -2.10. The van der Waals surface area contributed by atoms with Crippen LogP contribution in [-0.2, 0) is 0 Å². The average molecular weight is 200 g/mol. The van der Waals surface area contributed by atoms with Gasteiger partial charge in [-0.2, -0.15) is 0 Å². The molecule has 78 valence electrons. The fourth-order valence-corrected chi connectivity index (χ4v) is 1.89. The van der Waals surface area contributed by atoms with Crippen molar-refractivity contribution in [3.63, 3.8) is 0 Å². The van der Waals surface area contributed by atoms with Gasteiger partial charge in [0.1, 0.15) is 0 Å². The second-order valence-corrected chi connectivity index (χ2v) is 4.06. The lowest BCUT2D eigenvalue weighted by atomic mass is 10.0. The van der Waals surface area contributed by atoms with Gasteiger partial charge in [0.15, 0.2) is 0 Å². The lowest BCUT2D eigenvalue weighted by molar-refractivity contribution is 0.723. The maximum absolute atomic E-state index is 6.13. The Morgan fingerprint density at radius 2 is 2.20 bits per heavy atom. The maximum Gasteiger partial charge on any atom is 0.0457 e. The Bertz CT molecular complexity index is 482. The van der Waals surface area contributed by atoms with Crippen LogP contribution in [0.1, 0.15) is 24.9 Å². The van der Waals surface area contributed by atoms with Crippen LogP contribution in [0, 0.1) is 0 Å². The molecular weight excluding hydrogens is 184 g/mol. The molecule has 0 aliphatic rings. The molecule has 0 saturated carbocycles. The molecule has 0 aliphatic carbocycles. The van der Waals surface area contributed by atoms with Crippen molar-refractivity contribution >= 4 is 10.9 Å². The smallest absolute Gasteiger partial charge is 0.0457 e. The third kappa shape index (κ3) is 1.95. The van der Waals surface area contributed by atoms with Gasteiger partial charge in [-0.25, -0.2) is 0 Å². The van der Waals surface area contributed by atoms with E-state index < -0.39 is 0 Å². The number of nitrogens with one attached hydrogen (secondary N) is 1. The van der Waals surface area contributed by atoms with Gasteiger partial charge in [-0.05, 0) is 25.0 Å². The molecule has 15 heavy (non-hydrogen) atoms. The molecule has 2 aromatic rings. The predicted molar refractivity (Wildman–Crippen MR) is 64.7 cm³/mol. The van der Waals surface area contributed by atoms with Gasteiger partial charge < -0.3 is 10.7 Å². The van der Waals surface area contributed by atoms with E-state index in [0.717, 1.165) is 17.5 Å². The van der Waals surface area contributed by atoms with E-state index in [9.17, 15) is 0 Å². The molecular formula is C13H16N2. The minimum atomic E-state index is 0.0404. The molecule has 1 heterocycles. The largest absolute Gasteiger partial charge is 0.361 e. The summed E-state index contributed by atoms with van der Waals surface area (Å²) >= 11 is 0. The minimum Gasteiger partial charge on any atom is -0.361 e. The summed E-state index contributed by atoms with van der Waals surface area (Å²) in [6, 6.07) is 8.25. The Morgan fingerprint density at radius 1 is 1.47 bits per heavy atom. The highest BCUT2D eigenvalue weighted by Crippen LogP contribution is 2.25. The third-order valence-electron chi connectivity index (χ3n) is 2.59. The van der Waals surface area contributed by atoms with Crippen LogP contribution >= 0.6 is 0 Å². The van der Waals surface area contributed by atoms with Gasteiger partial charge in [0.2, 0.25) is 0 Å². The number of rotatable bonds is 3. The fraction of sp³-hybridized carbons (Fsp3) is 0.231. The van der Waals surface area contributed by atoms with Crippen LogP contribution in [-0.4, -0.2) is 4.98 Å². The third-order valence-corrected chi connectivity index (χ3v) is 2.59. The van der Waals surface area contributed by atoms with Gasteiger partial charge in [-0.3, -0.25) is 0 Å². The summed E-state index contributed by atoms with van der Waals surface area (Å²) in [5.41, 5.74) is 9.56. The summed E-state index contributed by atoms with van der Waals surface area (Å²) in [5, 5.41) is 1.21. The van der Waals surface area contributed by atoms with E-state index in [4.69, 9.17) is 5.73 Å². The molecule has 2 nitrogen and oxygen atoms in total. The summed E-state index contributed by atoms with van der Waals surface area (Å²) in [7, 11) is 0. The molecule has 0 fully saturated rings. The zero-order valence-electron chi connectivity index (χ0n) is 8.96. The van der Waals surface area contributed by atoms with Crippen molar-refractivity contribution in [2.75, 3.05) is 0 Å². The molecule has 1 aromatic heterocycles. The first kappa shape index (κ1) is 9.99. The molecule has 0 spiro atoms. The molecule has 0 amide bonds. The zero-order chi connectivity index (χ0) is 10.8. The number of benzene rings is 1. The van der Waals surface area contributed by atoms with Crippen molar-refractivity contribution in [1.82, 2.24) is 4.98 Å².